The standard InChI is InChI=1S/C32H28N4O/c1-3-12-22(13-4-1)29-34-30(23-14-5-2-6-15-23)36-31(35-29)25-20-19-21-11-7-8-16-24(21)28(25)32-33-26-17-9-10-18-27(26)37-32/h1-20,29-36H. The Morgan fingerprint density at radius 2 is 1.11 bits per heavy atom. The normalized spacial score (nSPS) is 22.7. The van der Waals surface area contributed by atoms with Crippen molar-refractivity contribution in [2.24, 2.45) is 0 Å². The molecule has 0 aromatic heterocycles. The van der Waals surface area contributed by atoms with Crippen LogP contribution in [0, 0.1) is 0 Å². The monoisotopic (exact) mass is 484 g/mol. The zero-order chi connectivity index (χ0) is 24.6. The Bertz CT molecular complexity index is 1470. The van der Waals surface area contributed by atoms with Crippen LogP contribution in [0.25, 0.3) is 10.8 Å². The molecule has 5 aromatic carbocycles. The molecule has 2 aliphatic heterocycles. The van der Waals surface area contributed by atoms with Crippen LogP contribution in [0.3, 0.4) is 0 Å². The second kappa shape index (κ2) is 9.37. The zero-order valence-electron chi connectivity index (χ0n) is 20.3. The number of fused-ring (bicyclic) bond motifs is 2. The summed E-state index contributed by atoms with van der Waals surface area (Å²) in [6.45, 7) is 0. The van der Waals surface area contributed by atoms with E-state index in [0.29, 0.717) is 0 Å². The van der Waals surface area contributed by atoms with Gasteiger partial charge in [0.1, 0.15) is 5.75 Å². The van der Waals surface area contributed by atoms with Crippen molar-refractivity contribution in [1.82, 2.24) is 16.0 Å². The number of hydrogen-bond acceptors (Lipinski definition) is 5. The molecule has 2 heterocycles. The lowest BCUT2D eigenvalue weighted by Crippen LogP contribution is -2.54. The summed E-state index contributed by atoms with van der Waals surface area (Å²) in [6, 6.07) is 42.2. The minimum atomic E-state index is -0.290. The van der Waals surface area contributed by atoms with Crippen LogP contribution >= 0.6 is 0 Å². The highest BCUT2D eigenvalue weighted by Gasteiger charge is 2.34. The average Bonchev–Trinajstić information content (AvgIpc) is 3.41. The highest BCUT2D eigenvalue weighted by Crippen LogP contribution is 2.42. The molecule has 3 unspecified atom stereocenters. The molecule has 3 atom stereocenters. The zero-order valence-corrected chi connectivity index (χ0v) is 20.3. The van der Waals surface area contributed by atoms with Crippen LogP contribution in [0.5, 0.6) is 5.75 Å². The summed E-state index contributed by atoms with van der Waals surface area (Å²) < 4.78 is 6.47. The molecule has 0 amide bonds. The molecule has 0 saturated carbocycles. The Kier molecular flexibility index (Phi) is 5.59. The Morgan fingerprint density at radius 3 is 1.81 bits per heavy atom. The van der Waals surface area contributed by atoms with Crippen LogP contribution in [-0.2, 0) is 0 Å². The smallest absolute Gasteiger partial charge is 0.197 e. The molecule has 5 aromatic rings. The molecular formula is C32H28N4O. The molecule has 0 radical (unpaired) electrons. The Morgan fingerprint density at radius 1 is 0.514 bits per heavy atom. The maximum atomic E-state index is 6.47. The quantitative estimate of drug-likeness (QED) is 0.234. The SMILES string of the molecule is c1ccc(C2NC(c3ccccc3)NC(c3ccc4ccccc4c3C3Nc4ccccc4O3)N2)cc1. The number of ether oxygens (including phenoxy) is 1. The first kappa shape index (κ1) is 22.1. The molecule has 0 bridgehead atoms. The van der Waals surface area contributed by atoms with E-state index in [1.54, 1.807) is 0 Å². The van der Waals surface area contributed by atoms with Gasteiger partial charge >= 0.3 is 0 Å². The van der Waals surface area contributed by atoms with Gasteiger partial charge in [0, 0.05) is 5.56 Å². The minimum absolute atomic E-state index is 0.0355. The highest BCUT2D eigenvalue weighted by atomic mass is 16.5. The van der Waals surface area contributed by atoms with Gasteiger partial charge in [-0.25, -0.2) is 0 Å². The summed E-state index contributed by atoms with van der Waals surface area (Å²) in [4.78, 5) is 0. The first-order chi connectivity index (χ1) is 18.3. The van der Waals surface area contributed by atoms with E-state index < -0.39 is 0 Å². The minimum Gasteiger partial charge on any atom is -0.464 e. The van der Waals surface area contributed by atoms with Crippen LogP contribution in [0.4, 0.5) is 5.69 Å². The number of rotatable bonds is 4. The summed E-state index contributed by atoms with van der Waals surface area (Å²) in [5, 5.41) is 17.4. The topological polar surface area (TPSA) is 57.3 Å². The fraction of sp³-hybridized carbons (Fsp3) is 0.125. The number of benzene rings is 5. The predicted molar refractivity (Wildman–Crippen MR) is 148 cm³/mol. The number of para-hydroxylation sites is 2. The first-order valence-corrected chi connectivity index (χ1v) is 12.8. The average molecular weight is 485 g/mol. The van der Waals surface area contributed by atoms with E-state index in [-0.39, 0.29) is 24.7 Å². The molecule has 37 heavy (non-hydrogen) atoms. The molecule has 2 aliphatic rings. The van der Waals surface area contributed by atoms with Crippen molar-refractivity contribution < 1.29 is 4.74 Å². The molecule has 182 valence electrons. The predicted octanol–water partition coefficient (Wildman–Crippen LogP) is 6.52. The fourth-order valence-electron chi connectivity index (χ4n) is 5.47. The van der Waals surface area contributed by atoms with Gasteiger partial charge in [-0.05, 0) is 39.6 Å². The maximum Gasteiger partial charge on any atom is 0.197 e. The summed E-state index contributed by atoms with van der Waals surface area (Å²) >= 11 is 0. The van der Waals surface area contributed by atoms with E-state index in [0.717, 1.165) is 22.6 Å². The number of anilines is 1. The van der Waals surface area contributed by atoms with Crippen LogP contribution in [0.15, 0.2) is 121 Å². The highest BCUT2D eigenvalue weighted by molar-refractivity contribution is 5.88. The van der Waals surface area contributed by atoms with Crippen molar-refractivity contribution in [3.63, 3.8) is 0 Å². The van der Waals surface area contributed by atoms with Gasteiger partial charge in [-0.2, -0.15) is 0 Å². The lowest BCUT2D eigenvalue weighted by Gasteiger charge is -2.40. The van der Waals surface area contributed by atoms with Crippen LogP contribution in [0.1, 0.15) is 47.0 Å². The van der Waals surface area contributed by atoms with Crippen LogP contribution in [-0.4, -0.2) is 0 Å². The van der Waals surface area contributed by atoms with Gasteiger partial charge in [-0.1, -0.05) is 109 Å². The van der Waals surface area contributed by atoms with Gasteiger partial charge in [-0.15, -0.1) is 0 Å². The van der Waals surface area contributed by atoms with Crippen LogP contribution < -0.4 is 26.0 Å². The third kappa shape index (κ3) is 4.13. The molecule has 0 aliphatic carbocycles. The summed E-state index contributed by atoms with van der Waals surface area (Å²) in [5.41, 5.74) is 5.70. The second-order valence-electron chi connectivity index (χ2n) is 9.55. The fourth-order valence-corrected chi connectivity index (χ4v) is 5.47. The molecule has 7 rings (SSSR count). The molecule has 5 heteroatoms. The van der Waals surface area contributed by atoms with Gasteiger partial charge in [-0.3, -0.25) is 16.0 Å². The first-order valence-electron chi connectivity index (χ1n) is 12.8. The molecule has 5 nitrogen and oxygen atoms in total. The van der Waals surface area contributed by atoms with Gasteiger partial charge < -0.3 is 10.1 Å². The van der Waals surface area contributed by atoms with Crippen molar-refractivity contribution in [3.8, 4) is 5.75 Å². The van der Waals surface area contributed by atoms with E-state index in [4.69, 9.17) is 4.74 Å². The number of hydrogen-bond donors (Lipinski definition) is 4. The molecule has 1 saturated heterocycles. The van der Waals surface area contributed by atoms with Crippen molar-refractivity contribution >= 4 is 16.5 Å². The molecular weight excluding hydrogens is 456 g/mol. The molecule has 4 N–H and O–H groups in total. The Balaban J connectivity index is 1.34. The summed E-state index contributed by atoms with van der Waals surface area (Å²) in [5.74, 6) is 0.877. The van der Waals surface area contributed by atoms with Crippen molar-refractivity contribution in [2.45, 2.75) is 24.7 Å². The maximum absolute atomic E-state index is 6.47. The Hall–Kier alpha value is -4.16. The van der Waals surface area contributed by atoms with Gasteiger partial charge in [0.05, 0.1) is 24.2 Å². The second-order valence-corrected chi connectivity index (χ2v) is 9.55. The third-order valence-corrected chi connectivity index (χ3v) is 7.26. The number of nitrogens with one attached hydrogen (secondary N) is 4. The van der Waals surface area contributed by atoms with E-state index in [9.17, 15) is 0 Å². The third-order valence-electron chi connectivity index (χ3n) is 7.26. The lowest BCUT2D eigenvalue weighted by molar-refractivity contribution is 0.198. The molecule has 1 fully saturated rings. The molecule has 0 spiro atoms. The van der Waals surface area contributed by atoms with Crippen molar-refractivity contribution in [1.29, 1.82) is 0 Å². The van der Waals surface area contributed by atoms with Gasteiger partial charge in [0.2, 0.25) is 0 Å². The van der Waals surface area contributed by atoms with E-state index in [1.165, 1.54) is 21.9 Å². The summed E-state index contributed by atoms with van der Waals surface area (Å²) in [7, 11) is 0. The van der Waals surface area contributed by atoms with Crippen LogP contribution in [0.2, 0.25) is 0 Å². The summed E-state index contributed by atoms with van der Waals surface area (Å²) in [6.07, 6.45) is -0.481. The van der Waals surface area contributed by atoms with E-state index in [2.05, 4.69) is 124 Å². The Labute approximate surface area is 216 Å². The lowest BCUT2D eigenvalue weighted by atomic mass is 9.94. The largest absolute Gasteiger partial charge is 0.464 e. The van der Waals surface area contributed by atoms with Gasteiger partial charge in [0.25, 0.3) is 0 Å². The van der Waals surface area contributed by atoms with Crippen molar-refractivity contribution in [3.05, 3.63) is 144 Å². The van der Waals surface area contributed by atoms with E-state index >= 15 is 0 Å². The van der Waals surface area contributed by atoms with Gasteiger partial charge in [0.15, 0.2) is 6.23 Å². The van der Waals surface area contributed by atoms with E-state index in [1.807, 2.05) is 18.2 Å². The van der Waals surface area contributed by atoms with Crippen molar-refractivity contribution in [2.75, 3.05) is 5.32 Å².